The molecule has 2 aromatic heterocycles. The molecule has 2 unspecified atom stereocenters. The fourth-order valence-electron chi connectivity index (χ4n) is 6.01. The van der Waals surface area contributed by atoms with Crippen LogP contribution in [0.15, 0.2) is 29.2 Å². The van der Waals surface area contributed by atoms with Gasteiger partial charge in [0.05, 0.1) is 11.1 Å². The van der Waals surface area contributed by atoms with Crippen LogP contribution < -0.4 is 5.56 Å². The van der Waals surface area contributed by atoms with Crippen LogP contribution in [-0.2, 0) is 16.1 Å². The van der Waals surface area contributed by atoms with E-state index in [2.05, 4.69) is 20.9 Å². The molecule has 5 nitrogen and oxygen atoms in total. The van der Waals surface area contributed by atoms with Gasteiger partial charge >= 0.3 is 5.97 Å². The molecule has 2 heterocycles. The first-order valence-electron chi connectivity index (χ1n) is 9.69. The van der Waals surface area contributed by atoms with E-state index in [-0.39, 0.29) is 27.9 Å². The largest absolute Gasteiger partial charge is 0.459 e. The molecule has 2 atom stereocenters. The zero-order valence-corrected chi connectivity index (χ0v) is 17.0. The molecule has 27 heavy (non-hydrogen) atoms. The number of nitrogens with zero attached hydrogens (tertiary/aromatic N) is 2. The summed E-state index contributed by atoms with van der Waals surface area (Å²) in [4.78, 5) is 29.9. The number of rotatable bonds is 3. The average Bonchev–Trinajstić information content (AvgIpc) is 2.58. The van der Waals surface area contributed by atoms with Gasteiger partial charge in [-0.05, 0) is 68.9 Å². The monoisotopic (exact) mass is 430 g/mol. The Labute approximate surface area is 166 Å². The third-order valence-electron chi connectivity index (χ3n) is 6.63. The molecule has 4 bridgehead atoms. The summed E-state index contributed by atoms with van der Waals surface area (Å²) in [7, 11) is 0. The van der Waals surface area contributed by atoms with Crippen molar-refractivity contribution in [2.45, 2.75) is 56.4 Å². The summed E-state index contributed by atoms with van der Waals surface area (Å²) < 4.78 is 7.36. The molecule has 142 valence electrons. The van der Waals surface area contributed by atoms with Crippen LogP contribution in [0.3, 0.4) is 0 Å². The van der Waals surface area contributed by atoms with Crippen molar-refractivity contribution in [1.29, 1.82) is 0 Å². The molecule has 0 radical (unpaired) electrons. The van der Waals surface area contributed by atoms with Crippen LogP contribution in [0.25, 0.3) is 5.65 Å². The number of hydrogen-bond donors (Lipinski definition) is 0. The second kappa shape index (κ2) is 5.90. The highest BCUT2D eigenvalue weighted by Crippen LogP contribution is 2.64. The van der Waals surface area contributed by atoms with Crippen LogP contribution in [0, 0.1) is 24.2 Å². The van der Waals surface area contributed by atoms with E-state index in [1.54, 1.807) is 6.20 Å². The molecule has 4 aliphatic carbocycles. The number of ether oxygens (including phenoxy) is 1. The van der Waals surface area contributed by atoms with Gasteiger partial charge in [0.1, 0.15) is 12.3 Å². The lowest BCUT2D eigenvalue weighted by Crippen LogP contribution is -2.56. The minimum absolute atomic E-state index is 0.0603. The normalized spacial score (nSPS) is 34.1. The summed E-state index contributed by atoms with van der Waals surface area (Å²) in [5, 5.41) is 0. The van der Waals surface area contributed by atoms with Crippen molar-refractivity contribution in [3.63, 3.8) is 0 Å². The van der Waals surface area contributed by atoms with E-state index in [1.807, 2.05) is 19.1 Å². The van der Waals surface area contributed by atoms with Crippen LogP contribution >= 0.6 is 15.9 Å². The Morgan fingerprint density at radius 3 is 2.74 bits per heavy atom. The van der Waals surface area contributed by atoms with Gasteiger partial charge in [0.15, 0.2) is 0 Å². The Morgan fingerprint density at radius 2 is 2.04 bits per heavy atom. The van der Waals surface area contributed by atoms with Crippen molar-refractivity contribution >= 4 is 27.5 Å². The van der Waals surface area contributed by atoms with Crippen molar-refractivity contribution in [1.82, 2.24) is 9.38 Å². The number of carbonyl (C=O) groups is 1. The molecule has 0 amide bonds. The smallest absolute Gasteiger partial charge is 0.312 e. The Morgan fingerprint density at radius 1 is 1.30 bits per heavy atom. The van der Waals surface area contributed by atoms with Gasteiger partial charge in [-0.2, -0.15) is 0 Å². The Kier molecular flexibility index (Phi) is 3.81. The minimum atomic E-state index is -0.351. The maximum absolute atomic E-state index is 13.1. The minimum Gasteiger partial charge on any atom is -0.459 e. The molecule has 0 saturated heterocycles. The van der Waals surface area contributed by atoms with Crippen LogP contribution in [0.2, 0.25) is 0 Å². The van der Waals surface area contributed by atoms with E-state index in [0.717, 1.165) is 24.8 Å². The summed E-state index contributed by atoms with van der Waals surface area (Å²) in [5.74, 6) is 1.15. The predicted octanol–water partition coefficient (Wildman–Crippen LogP) is 3.78. The maximum Gasteiger partial charge on any atom is 0.312 e. The summed E-state index contributed by atoms with van der Waals surface area (Å²) in [6.07, 6.45) is 8.16. The quantitative estimate of drug-likeness (QED) is 0.548. The lowest BCUT2D eigenvalue weighted by molar-refractivity contribution is -0.171. The molecule has 0 aliphatic heterocycles. The molecule has 0 spiro atoms. The van der Waals surface area contributed by atoms with E-state index in [9.17, 15) is 9.59 Å². The van der Waals surface area contributed by atoms with Crippen molar-refractivity contribution in [2.24, 2.45) is 17.3 Å². The highest BCUT2D eigenvalue weighted by Gasteiger charge is 2.60. The highest BCUT2D eigenvalue weighted by atomic mass is 79.9. The molecule has 2 aromatic rings. The average molecular weight is 431 g/mol. The second-order valence-electron chi connectivity index (χ2n) is 8.99. The molecule has 6 rings (SSSR count). The first kappa shape index (κ1) is 17.4. The molecule has 0 aromatic carbocycles. The van der Waals surface area contributed by atoms with Gasteiger partial charge in [0.25, 0.3) is 5.56 Å². The Balaban J connectivity index is 1.36. The summed E-state index contributed by atoms with van der Waals surface area (Å²) in [6.45, 7) is 1.99. The van der Waals surface area contributed by atoms with Crippen LogP contribution in [0.4, 0.5) is 0 Å². The number of carbonyl (C=O) groups excluding carboxylic acids is 1. The fourth-order valence-corrected chi connectivity index (χ4v) is 7.47. The van der Waals surface area contributed by atoms with Gasteiger partial charge in [-0.1, -0.05) is 22.0 Å². The number of esters is 1. The van der Waals surface area contributed by atoms with Gasteiger partial charge in [0.2, 0.25) is 0 Å². The molecular formula is C21H23BrN2O3. The van der Waals surface area contributed by atoms with Crippen molar-refractivity contribution in [3.8, 4) is 0 Å². The zero-order valence-electron chi connectivity index (χ0n) is 15.4. The van der Waals surface area contributed by atoms with Crippen LogP contribution in [0.1, 0.15) is 49.8 Å². The van der Waals surface area contributed by atoms with Gasteiger partial charge in [-0.15, -0.1) is 0 Å². The number of aryl methyl sites for hydroxylation is 1. The molecular weight excluding hydrogens is 408 g/mol. The van der Waals surface area contributed by atoms with E-state index in [0.29, 0.717) is 23.2 Å². The lowest BCUT2D eigenvalue weighted by atomic mass is 9.49. The summed E-state index contributed by atoms with van der Waals surface area (Å²) in [5.41, 5.74) is 1.58. The molecule has 4 saturated carbocycles. The topological polar surface area (TPSA) is 60.7 Å². The van der Waals surface area contributed by atoms with Gasteiger partial charge < -0.3 is 4.74 Å². The van der Waals surface area contributed by atoms with Crippen molar-refractivity contribution in [3.05, 3.63) is 46.0 Å². The molecule has 0 N–H and O–H groups in total. The van der Waals surface area contributed by atoms with Crippen LogP contribution in [0.5, 0.6) is 0 Å². The van der Waals surface area contributed by atoms with E-state index in [1.165, 1.54) is 29.7 Å². The zero-order chi connectivity index (χ0) is 18.8. The van der Waals surface area contributed by atoms with E-state index in [4.69, 9.17) is 4.74 Å². The number of alkyl halides is 1. The maximum atomic E-state index is 13.1. The third-order valence-corrected chi connectivity index (χ3v) is 7.56. The number of hydrogen-bond acceptors (Lipinski definition) is 4. The molecule has 6 heteroatoms. The first-order chi connectivity index (χ1) is 12.8. The Bertz CT molecular complexity index is 985. The third kappa shape index (κ3) is 2.93. The van der Waals surface area contributed by atoms with E-state index >= 15 is 0 Å². The van der Waals surface area contributed by atoms with Crippen LogP contribution in [-0.4, -0.2) is 19.7 Å². The fraction of sp³-hybridized carbons (Fsp3) is 0.571. The van der Waals surface area contributed by atoms with Gasteiger partial charge in [0, 0.05) is 16.6 Å². The van der Waals surface area contributed by atoms with Gasteiger partial charge in [-0.3, -0.25) is 14.0 Å². The number of pyridine rings is 1. The molecule has 4 fully saturated rings. The summed E-state index contributed by atoms with van der Waals surface area (Å²) in [6, 6.07) is 5.20. The van der Waals surface area contributed by atoms with Crippen molar-refractivity contribution < 1.29 is 9.53 Å². The first-order valence-corrected chi connectivity index (χ1v) is 10.5. The van der Waals surface area contributed by atoms with Gasteiger partial charge in [-0.25, -0.2) is 4.98 Å². The summed E-state index contributed by atoms with van der Waals surface area (Å²) >= 11 is 3.94. The van der Waals surface area contributed by atoms with Crippen molar-refractivity contribution in [2.75, 3.05) is 0 Å². The number of aromatic nitrogens is 2. The SMILES string of the molecule is Cc1ccc2nc(COC(=O)C34CC5CC(CC(Br)(C5)C3)C4)cc(=O)n2c1. The predicted molar refractivity (Wildman–Crippen MR) is 105 cm³/mol. The second-order valence-corrected chi connectivity index (χ2v) is 10.7. The molecule has 4 aliphatic rings. The number of halogens is 1. The Hall–Kier alpha value is -1.69. The standard InChI is InChI=1S/C21H23BrN2O3/c1-13-2-3-17-23-16(5-18(25)24(17)10-13)11-27-19(26)20-6-14-4-15(7-20)9-21(22,8-14)12-20/h2-3,5,10,14-15H,4,6-9,11-12H2,1H3. The van der Waals surface area contributed by atoms with E-state index < -0.39 is 0 Å². The highest BCUT2D eigenvalue weighted by molar-refractivity contribution is 9.10. The lowest BCUT2D eigenvalue weighted by Gasteiger charge is -2.58. The number of fused-ring (bicyclic) bond motifs is 1.